The number of methoxy groups -OCH3 is 1. The van der Waals surface area contributed by atoms with Gasteiger partial charge in [-0.1, -0.05) is 12.1 Å². The largest absolute Gasteiger partial charge is 0.496 e. The first kappa shape index (κ1) is 15.6. The van der Waals surface area contributed by atoms with Crippen molar-refractivity contribution in [2.75, 3.05) is 12.4 Å². The van der Waals surface area contributed by atoms with Gasteiger partial charge in [0.2, 0.25) is 5.95 Å². The number of anilines is 2. The number of aryl methyl sites for hydroxylation is 2. The van der Waals surface area contributed by atoms with E-state index in [9.17, 15) is 0 Å². The Balaban J connectivity index is 1.87. The number of hydrogen-bond acceptors (Lipinski definition) is 6. The van der Waals surface area contributed by atoms with Crippen molar-refractivity contribution in [1.82, 2.24) is 20.2 Å². The van der Waals surface area contributed by atoms with Crippen molar-refractivity contribution < 1.29 is 4.74 Å². The lowest BCUT2D eigenvalue weighted by Crippen LogP contribution is -1.96. The van der Waals surface area contributed by atoms with Crippen LogP contribution < -0.4 is 10.1 Å². The molecule has 4 rings (SSSR count). The van der Waals surface area contributed by atoms with E-state index in [0.717, 1.165) is 38.3 Å². The summed E-state index contributed by atoms with van der Waals surface area (Å²) in [6, 6.07) is 6.23. The lowest BCUT2D eigenvalue weighted by atomic mass is 10.0. The SMILES string of the molecule is COc1cc(C)ccc1-c1c(C)sc2cnc(Nc3cn[nH]c3)nc12. The van der Waals surface area contributed by atoms with Crippen molar-refractivity contribution in [3.05, 3.63) is 47.2 Å². The van der Waals surface area contributed by atoms with E-state index in [1.54, 1.807) is 30.8 Å². The fourth-order valence-corrected chi connectivity index (χ4v) is 3.83. The average molecular weight is 351 g/mol. The normalized spacial score (nSPS) is 11.0. The quantitative estimate of drug-likeness (QED) is 0.568. The van der Waals surface area contributed by atoms with Crippen LogP contribution in [-0.2, 0) is 0 Å². The predicted molar refractivity (Wildman–Crippen MR) is 101 cm³/mol. The van der Waals surface area contributed by atoms with Gasteiger partial charge in [0.1, 0.15) is 5.75 Å². The predicted octanol–water partition coefficient (Wildman–Crippen LogP) is 4.45. The summed E-state index contributed by atoms with van der Waals surface area (Å²) < 4.78 is 6.65. The number of benzene rings is 1. The maximum Gasteiger partial charge on any atom is 0.227 e. The Bertz CT molecular complexity index is 1040. The molecule has 0 unspecified atom stereocenters. The lowest BCUT2D eigenvalue weighted by Gasteiger charge is -2.10. The minimum atomic E-state index is 0.541. The van der Waals surface area contributed by atoms with Crippen LogP contribution in [0.1, 0.15) is 10.4 Å². The maximum absolute atomic E-state index is 5.60. The van der Waals surface area contributed by atoms with Gasteiger partial charge in [0, 0.05) is 22.2 Å². The molecule has 0 aliphatic rings. The molecule has 25 heavy (non-hydrogen) atoms. The summed E-state index contributed by atoms with van der Waals surface area (Å²) in [7, 11) is 1.70. The van der Waals surface area contributed by atoms with E-state index in [-0.39, 0.29) is 0 Å². The highest BCUT2D eigenvalue weighted by molar-refractivity contribution is 7.19. The van der Waals surface area contributed by atoms with E-state index in [4.69, 9.17) is 9.72 Å². The number of rotatable bonds is 4. The molecule has 0 spiro atoms. The second kappa shape index (κ2) is 6.18. The van der Waals surface area contributed by atoms with E-state index in [0.29, 0.717) is 5.95 Å². The highest BCUT2D eigenvalue weighted by Crippen LogP contribution is 2.41. The van der Waals surface area contributed by atoms with Crippen molar-refractivity contribution in [2.24, 2.45) is 0 Å². The Morgan fingerprint density at radius 2 is 2.08 bits per heavy atom. The van der Waals surface area contributed by atoms with E-state index >= 15 is 0 Å². The molecule has 0 fully saturated rings. The van der Waals surface area contributed by atoms with Gasteiger partial charge in [0.05, 0.1) is 35.4 Å². The van der Waals surface area contributed by atoms with Crippen LogP contribution in [0.4, 0.5) is 11.6 Å². The summed E-state index contributed by atoms with van der Waals surface area (Å²) in [5, 5.41) is 9.85. The van der Waals surface area contributed by atoms with Gasteiger partial charge in [-0.3, -0.25) is 5.10 Å². The van der Waals surface area contributed by atoms with Crippen molar-refractivity contribution in [2.45, 2.75) is 13.8 Å². The Morgan fingerprint density at radius 1 is 1.20 bits per heavy atom. The number of hydrogen-bond donors (Lipinski definition) is 2. The fourth-order valence-electron chi connectivity index (χ4n) is 2.84. The minimum absolute atomic E-state index is 0.541. The highest BCUT2D eigenvalue weighted by Gasteiger charge is 2.17. The summed E-state index contributed by atoms with van der Waals surface area (Å²) in [5.74, 6) is 1.39. The fraction of sp³-hybridized carbons (Fsp3) is 0.167. The van der Waals surface area contributed by atoms with Gasteiger partial charge >= 0.3 is 0 Å². The van der Waals surface area contributed by atoms with E-state index < -0.39 is 0 Å². The van der Waals surface area contributed by atoms with E-state index in [1.165, 1.54) is 4.88 Å². The smallest absolute Gasteiger partial charge is 0.227 e. The monoisotopic (exact) mass is 351 g/mol. The van der Waals surface area contributed by atoms with Gasteiger partial charge in [0.25, 0.3) is 0 Å². The van der Waals surface area contributed by atoms with E-state index in [2.05, 4.69) is 46.5 Å². The molecule has 0 aliphatic carbocycles. The summed E-state index contributed by atoms with van der Waals surface area (Å²) in [6.45, 7) is 4.16. The van der Waals surface area contributed by atoms with Gasteiger partial charge in [-0.25, -0.2) is 9.97 Å². The number of thiophene rings is 1. The van der Waals surface area contributed by atoms with Crippen LogP contribution in [0.5, 0.6) is 5.75 Å². The summed E-state index contributed by atoms with van der Waals surface area (Å²) in [5.41, 5.74) is 5.04. The number of aromatic amines is 1. The molecule has 6 nitrogen and oxygen atoms in total. The zero-order valence-electron chi connectivity index (χ0n) is 14.1. The van der Waals surface area contributed by atoms with Crippen molar-refractivity contribution in [3.63, 3.8) is 0 Å². The molecule has 2 N–H and O–H groups in total. The van der Waals surface area contributed by atoms with Crippen LogP contribution in [0, 0.1) is 13.8 Å². The van der Waals surface area contributed by atoms with Crippen LogP contribution in [-0.4, -0.2) is 27.3 Å². The second-order valence-electron chi connectivity index (χ2n) is 5.76. The highest BCUT2D eigenvalue weighted by atomic mass is 32.1. The van der Waals surface area contributed by atoms with Crippen LogP contribution in [0.3, 0.4) is 0 Å². The van der Waals surface area contributed by atoms with Crippen LogP contribution in [0.15, 0.2) is 36.8 Å². The molecule has 0 aliphatic heterocycles. The first-order valence-electron chi connectivity index (χ1n) is 7.82. The molecule has 1 aromatic carbocycles. The van der Waals surface area contributed by atoms with Gasteiger partial charge in [-0.2, -0.15) is 5.10 Å². The van der Waals surface area contributed by atoms with Crippen molar-refractivity contribution in [3.8, 4) is 16.9 Å². The summed E-state index contributed by atoms with van der Waals surface area (Å²) in [6.07, 6.45) is 5.30. The lowest BCUT2D eigenvalue weighted by molar-refractivity contribution is 0.416. The molecule has 0 saturated heterocycles. The van der Waals surface area contributed by atoms with Crippen LogP contribution in [0.25, 0.3) is 21.3 Å². The van der Waals surface area contributed by atoms with E-state index in [1.807, 2.05) is 12.3 Å². The number of H-pyrrole nitrogens is 1. The molecule has 7 heteroatoms. The molecule has 3 heterocycles. The standard InChI is InChI=1S/C18H17N5OS/c1-10-4-5-13(14(6-10)24-3)16-11(2)25-15-9-19-18(23-17(15)16)22-12-7-20-21-8-12/h4-9H,1-3H3,(H,20,21)(H,19,22,23). The van der Waals surface area contributed by atoms with Gasteiger partial charge in [-0.15, -0.1) is 11.3 Å². The zero-order chi connectivity index (χ0) is 17.4. The number of nitrogens with zero attached hydrogens (tertiary/aromatic N) is 3. The third kappa shape index (κ3) is 2.83. The first-order valence-corrected chi connectivity index (χ1v) is 8.64. The molecule has 126 valence electrons. The second-order valence-corrected chi connectivity index (χ2v) is 7.01. The Labute approximate surface area is 148 Å². The molecule has 0 bridgehead atoms. The van der Waals surface area contributed by atoms with Crippen LogP contribution in [0.2, 0.25) is 0 Å². The molecular weight excluding hydrogens is 334 g/mol. The Morgan fingerprint density at radius 3 is 2.84 bits per heavy atom. The Kier molecular flexibility index (Phi) is 3.85. The molecule has 0 atom stereocenters. The molecule has 0 saturated carbocycles. The van der Waals surface area contributed by atoms with Crippen molar-refractivity contribution >= 4 is 33.2 Å². The summed E-state index contributed by atoms with van der Waals surface area (Å²) >= 11 is 1.69. The summed E-state index contributed by atoms with van der Waals surface area (Å²) in [4.78, 5) is 10.3. The average Bonchev–Trinajstić information content (AvgIpc) is 3.22. The topological polar surface area (TPSA) is 75.7 Å². The van der Waals surface area contributed by atoms with Gasteiger partial charge in [-0.05, 0) is 25.5 Å². The first-order chi connectivity index (χ1) is 12.2. The number of ether oxygens (including phenoxy) is 1. The van der Waals surface area contributed by atoms with Crippen molar-refractivity contribution in [1.29, 1.82) is 0 Å². The molecule has 4 aromatic rings. The van der Waals surface area contributed by atoms with Crippen LogP contribution >= 0.6 is 11.3 Å². The number of aromatic nitrogens is 4. The zero-order valence-corrected chi connectivity index (χ0v) is 14.9. The minimum Gasteiger partial charge on any atom is -0.496 e. The number of fused-ring (bicyclic) bond motifs is 1. The van der Waals surface area contributed by atoms with Gasteiger partial charge in [0.15, 0.2) is 0 Å². The molecule has 3 aromatic heterocycles. The number of nitrogens with one attached hydrogen (secondary N) is 2. The van der Waals surface area contributed by atoms with Gasteiger partial charge < -0.3 is 10.1 Å². The third-order valence-electron chi connectivity index (χ3n) is 3.99. The third-order valence-corrected chi connectivity index (χ3v) is 5.02. The molecule has 0 radical (unpaired) electrons. The maximum atomic E-state index is 5.60. The molecular formula is C18H17N5OS. The Hall–Kier alpha value is -2.93. The molecule has 0 amide bonds.